The van der Waals surface area contributed by atoms with E-state index in [0.717, 1.165) is 17.7 Å². The Labute approximate surface area is 100 Å². The van der Waals surface area contributed by atoms with Crippen molar-refractivity contribution < 1.29 is 0 Å². The van der Waals surface area contributed by atoms with E-state index >= 15 is 0 Å². The highest BCUT2D eigenvalue weighted by Crippen LogP contribution is 2.13. The Morgan fingerprint density at radius 3 is 2.76 bits per heavy atom. The molecule has 2 aromatic rings. The molecule has 17 heavy (non-hydrogen) atoms. The van der Waals surface area contributed by atoms with Crippen LogP contribution in [0.2, 0.25) is 0 Å². The summed E-state index contributed by atoms with van der Waals surface area (Å²) in [6.45, 7) is 3.98. The van der Waals surface area contributed by atoms with Crippen LogP contribution >= 0.6 is 0 Å². The topological polar surface area (TPSA) is 63.8 Å². The van der Waals surface area contributed by atoms with Gasteiger partial charge in [0.2, 0.25) is 0 Å². The number of H-pyrrole nitrogens is 1. The van der Waals surface area contributed by atoms with E-state index in [1.165, 1.54) is 0 Å². The van der Waals surface area contributed by atoms with Crippen molar-refractivity contribution >= 4 is 0 Å². The smallest absolute Gasteiger partial charge is 0.325 e. The predicted molar refractivity (Wildman–Crippen MR) is 68.4 cm³/mol. The number of aromatic amines is 1. The molecule has 0 aliphatic carbocycles. The summed E-state index contributed by atoms with van der Waals surface area (Å²) in [4.78, 5) is 14.1. The molecule has 1 aromatic carbocycles. The molecule has 1 heterocycles. The number of nitrogens with two attached hydrogens (primary N) is 1. The van der Waals surface area contributed by atoms with Crippen LogP contribution in [0.15, 0.2) is 41.5 Å². The first-order chi connectivity index (χ1) is 7.96. The second kappa shape index (κ2) is 4.22. The van der Waals surface area contributed by atoms with Crippen molar-refractivity contribution in [2.45, 2.75) is 25.8 Å². The van der Waals surface area contributed by atoms with Crippen molar-refractivity contribution in [1.82, 2.24) is 9.55 Å². The molecule has 0 saturated heterocycles. The van der Waals surface area contributed by atoms with Gasteiger partial charge in [-0.2, -0.15) is 0 Å². The molecule has 90 valence electrons. The van der Waals surface area contributed by atoms with Gasteiger partial charge in [-0.15, -0.1) is 0 Å². The SMILES string of the molecule is CC(C)(N)Cc1cccc(-n2cc[nH]c2=O)c1. The molecule has 0 fully saturated rings. The van der Waals surface area contributed by atoms with Crippen molar-refractivity contribution in [3.63, 3.8) is 0 Å². The molecule has 0 amide bonds. The van der Waals surface area contributed by atoms with E-state index in [2.05, 4.69) is 4.98 Å². The molecule has 1 aromatic heterocycles. The van der Waals surface area contributed by atoms with E-state index in [1.54, 1.807) is 17.0 Å². The fourth-order valence-corrected chi connectivity index (χ4v) is 1.87. The quantitative estimate of drug-likeness (QED) is 0.839. The van der Waals surface area contributed by atoms with Gasteiger partial charge in [0.1, 0.15) is 0 Å². The number of rotatable bonds is 3. The molecule has 0 bridgehead atoms. The van der Waals surface area contributed by atoms with Crippen molar-refractivity contribution in [1.29, 1.82) is 0 Å². The van der Waals surface area contributed by atoms with Gasteiger partial charge in [-0.05, 0) is 38.0 Å². The first-order valence-electron chi connectivity index (χ1n) is 5.60. The third kappa shape index (κ3) is 2.85. The van der Waals surface area contributed by atoms with Crippen LogP contribution in [0.1, 0.15) is 19.4 Å². The summed E-state index contributed by atoms with van der Waals surface area (Å²) < 4.78 is 1.58. The first-order valence-corrected chi connectivity index (χ1v) is 5.60. The molecule has 4 heteroatoms. The summed E-state index contributed by atoms with van der Waals surface area (Å²) in [5, 5.41) is 0. The van der Waals surface area contributed by atoms with Crippen LogP contribution in [-0.4, -0.2) is 15.1 Å². The zero-order valence-corrected chi connectivity index (χ0v) is 10.1. The van der Waals surface area contributed by atoms with Crippen LogP contribution in [0, 0.1) is 0 Å². The molecule has 0 aliphatic heterocycles. The standard InChI is InChI=1S/C13H17N3O/c1-13(2,14)9-10-4-3-5-11(8-10)16-7-6-15-12(16)17/h3-8H,9,14H2,1-2H3,(H,15,17). The minimum absolute atomic E-state index is 0.130. The van der Waals surface area contributed by atoms with Crippen molar-refractivity contribution in [2.75, 3.05) is 0 Å². The van der Waals surface area contributed by atoms with Gasteiger partial charge >= 0.3 is 5.69 Å². The minimum Gasteiger partial charge on any atom is -0.325 e. The largest absolute Gasteiger partial charge is 0.330 e. The molecule has 0 saturated carbocycles. The van der Waals surface area contributed by atoms with E-state index < -0.39 is 0 Å². The van der Waals surface area contributed by atoms with Gasteiger partial charge < -0.3 is 10.7 Å². The molecular weight excluding hydrogens is 214 g/mol. The molecular formula is C13H17N3O. The third-order valence-corrected chi connectivity index (χ3v) is 2.50. The lowest BCUT2D eigenvalue weighted by Gasteiger charge is -2.18. The zero-order valence-electron chi connectivity index (χ0n) is 10.1. The molecule has 0 radical (unpaired) electrons. The molecule has 4 nitrogen and oxygen atoms in total. The van der Waals surface area contributed by atoms with E-state index in [1.807, 2.05) is 38.1 Å². The predicted octanol–water partition coefficient (Wildman–Crippen LogP) is 1.45. The third-order valence-electron chi connectivity index (χ3n) is 2.50. The molecule has 0 aliphatic rings. The molecule has 0 atom stereocenters. The van der Waals surface area contributed by atoms with Crippen molar-refractivity contribution in [3.8, 4) is 5.69 Å². The average molecular weight is 231 g/mol. The Bertz CT molecular complexity index is 560. The fourth-order valence-electron chi connectivity index (χ4n) is 1.87. The van der Waals surface area contributed by atoms with Crippen LogP contribution in [0.5, 0.6) is 0 Å². The number of hydrogen-bond acceptors (Lipinski definition) is 2. The maximum atomic E-state index is 11.5. The Morgan fingerprint density at radius 2 is 2.18 bits per heavy atom. The van der Waals surface area contributed by atoms with Gasteiger partial charge in [0.25, 0.3) is 0 Å². The lowest BCUT2D eigenvalue weighted by molar-refractivity contribution is 0.516. The van der Waals surface area contributed by atoms with Crippen LogP contribution in [-0.2, 0) is 6.42 Å². The van der Waals surface area contributed by atoms with Gasteiger partial charge in [-0.1, -0.05) is 12.1 Å². The van der Waals surface area contributed by atoms with Crippen molar-refractivity contribution in [2.24, 2.45) is 5.73 Å². The van der Waals surface area contributed by atoms with E-state index in [4.69, 9.17) is 5.73 Å². The Morgan fingerprint density at radius 1 is 1.41 bits per heavy atom. The summed E-state index contributed by atoms with van der Waals surface area (Å²) in [6, 6.07) is 7.86. The summed E-state index contributed by atoms with van der Waals surface area (Å²) in [7, 11) is 0. The highest BCUT2D eigenvalue weighted by Gasteiger charge is 2.12. The van der Waals surface area contributed by atoms with Crippen LogP contribution in [0.25, 0.3) is 5.69 Å². The second-order valence-electron chi connectivity index (χ2n) is 4.97. The summed E-state index contributed by atoms with van der Waals surface area (Å²) in [5.41, 5.74) is 7.60. The molecule has 0 unspecified atom stereocenters. The second-order valence-corrected chi connectivity index (χ2v) is 4.97. The Balaban J connectivity index is 2.36. The van der Waals surface area contributed by atoms with Crippen LogP contribution in [0.3, 0.4) is 0 Å². The number of aromatic nitrogens is 2. The number of benzene rings is 1. The number of nitrogens with one attached hydrogen (secondary N) is 1. The maximum absolute atomic E-state index is 11.5. The van der Waals surface area contributed by atoms with E-state index in [9.17, 15) is 4.79 Å². The van der Waals surface area contributed by atoms with Gasteiger partial charge in [0.05, 0.1) is 5.69 Å². The van der Waals surface area contributed by atoms with Gasteiger partial charge in [-0.3, -0.25) is 4.57 Å². The first kappa shape index (κ1) is 11.7. The average Bonchev–Trinajstić information content (AvgIpc) is 2.62. The zero-order chi connectivity index (χ0) is 12.5. The summed E-state index contributed by atoms with van der Waals surface area (Å²) in [6.07, 6.45) is 4.12. The lowest BCUT2D eigenvalue weighted by Crippen LogP contribution is -2.34. The number of hydrogen-bond donors (Lipinski definition) is 2. The fraction of sp³-hybridized carbons (Fsp3) is 0.308. The summed E-state index contributed by atoms with van der Waals surface area (Å²) in [5.74, 6) is 0. The number of nitrogens with zero attached hydrogens (tertiary/aromatic N) is 1. The Hall–Kier alpha value is -1.81. The molecule has 0 spiro atoms. The number of imidazole rings is 1. The van der Waals surface area contributed by atoms with Crippen LogP contribution in [0.4, 0.5) is 0 Å². The minimum atomic E-state index is -0.248. The maximum Gasteiger partial charge on any atom is 0.330 e. The Kier molecular flexibility index (Phi) is 2.90. The van der Waals surface area contributed by atoms with Gasteiger partial charge in [-0.25, -0.2) is 4.79 Å². The molecule has 3 N–H and O–H groups in total. The monoisotopic (exact) mass is 231 g/mol. The van der Waals surface area contributed by atoms with Crippen LogP contribution < -0.4 is 11.4 Å². The highest BCUT2D eigenvalue weighted by molar-refractivity contribution is 5.36. The normalized spacial score (nSPS) is 11.7. The van der Waals surface area contributed by atoms with E-state index in [-0.39, 0.29) is 11.2 Å². The lowest BCUT2D eigenvalue weighted by atomic mass is 9.96. The summed E-state index contributed by atoms with van der Waals surface area (Å²) >= 11 is 0. The van der Waals surface area contributed by atoms with E-state index in [0.29, 0.717) is 0 Å². The van der Waals surface area contributed by atoms with Gasteiger partial charge in [0, 0.05) is 17.9 Å². The molecule has 2 rings (SSSR count). The van der Waals surface area contributed by atoms with Gasteiger partial charge in [0.15, 0.2) is 0 Å². The highest BCUT2D eigenvalue weighted by atomic mass is 16.1. The van der Waals surface area contributed by atoms with Crippen molar-refractivity contribution in [3.05, 3.63) is 52.7 Å².